The van der Waals surface area contributed by atoms with Crippen LogP contribution in [0.3, 0.4) is 0 Å². The van der Waals surface area contributed by atoms with Crippen LogP contribution < -0.4 is 0 Å². The topological polar surface area (TPSA) is 52.0 Å². The number of benzene rings is 2. The van der Waals surface area contributed by atoms with E-state index >= 15 is 0 Å². The second-order valence-corrected chi connectivity index (χ2v) is 9.03. The molecule has 9 heteroatoms. The van der Waals surface area contributed by atoms with Crippen molar-refractivity contribution in [1.29, 1.82) is 0 Å². The van der Waals surface area contributed by atoms with Gasteiger partial charge in [-0.2, -0.15) is 13.2 Å². The van der Waals surface area contributed by atoms with E-state index in [4.69, 9.17) is 0 Å². The average molecular weight is 506 g/mol. The summed E-state index contributed by atoms with van der Waals surface area (Å²) < 4.78 is 65.6. The second kappa shape index (κ2) is 6.93. The van der Waals surface area contributed by atoms with Crippen LogP contribution in [-0.4, -0.2) is 24.2 Å². The van der Waals surface area contributed by atoms with Crippen molar-refractivity contribution >= 4 is 32.4 Å². The third kappa shape index (κ3) is 4.03. The van der Waals surface area contributed by atoms with Crippen molar-refractivity contribution in [3.63, 3.8) is 0 Å². The zero-order valence-electron chi connectivity index (χ0n) is 14.2. The van der Waals surface area contributed by atoms with Gasteiger partial charge in [0.2, 0.25) is 0 Å². The quantitative estimate of drug-likeness (QED) is 0.477. The fraction of sp³-hybridized carbons (Fsp3) is 0.167. The summed E-state index contributed by atoms with van der Waals surface area (Å²) in [5.74, 6) is 0. The number of hydrogen-bond donors (Lipinski definition) is 0. The van der Waals surface area contributed by atoms with Crippen LogP contribution in [0, 0.1) is 10.8 Å². The van der Waals surface area contributed by atoms with Crippen molar-refractivity contribution in [2.45, 2.75) is 18.0 Å². The van der Waals surface area contributed by atoms with E-state index in [9.17, 15) is 21.6 Å². The van der Waals surface area contributed by atoms with Crippen LogP contribution in [0.1, 0.15) is 11.3 Å². The number of imidazole rings is 1. The van der Waals surface area contributed by atoms with Gasteiger partial charge in [0.1, 0.15) is 0 Å². The minimum absolute atomic E-state index is 0.0808. The summed E-state index contributed by atoms with van der Waals surface area (Å²) in [6, 6.07) is 12.4. The van der Waals surface area contributed by atoms with Crippen molar-refractivity contribution in [3.05, 3.63) is 63.6 Å². The monoisotopic (exact) mass is 506 g/mol. The molecule has 4 nitrogen and oxygen atoms in total. The third-order valence-corrected chi connectivity index (χ3v) is 5.77. The highest BCUT2D eigenvalue weighted by Crippen LogP contribution is 2.39. The van der Waals surface area contributed by atoms with Crippen LogP contribution in [0.25, 0.3) is 16.9 Å². The molecule has 0 aliphatic heterocycles. The van der Waals surface area contributed by atoms with Gasteiger partial charge in [-0.05, 0) is 37.3 Å². The molecule has 0 saturated carbocycles. The number of rotatable bonds is 3. The van der Waals surface area contributed by atoms with E-state index in [0.717, 1.165) is 11.8 Å². The molecule has 0 N–H and O–H groups in total. The lowest BCUT2D eigenvalue weighted by molar-refractivity contribution is -0.140. The molecule has 0 atom stereocenters. The SMILES string of the molecule is Cc1cccc(-c2c(C(F)(F)F)nc(I)n2-c2ccc(S(C)(=O)=O)cc2)c1. The van der Waals surface area contributed by atoms with E-state index in [1.807, 2.05) is 0 Å². The summed E-state index contributed by atoms with van der Waals surface area (Å²) in [6.45, 7) is 1.79. The maximum atomic E-state index is 13.6. The van der Waals surface area contributed by atoms with Gasteiger partial charge in [-0.3, -0.25) is 4.57 Å². The van der Waals surface area contributed by atoms with E-state index in [2.05, 4.69) is 4.98 Å². The molecular formula is C18H14F3IN2O2S. The fourth-order valence-electron chi connectivity index (χ4n) is 2.73. The van der Waals surface area contributed by atoms with Crippen LogP contribution in [0.5, 0.6) is 0 Å². The molecule has 0 aliphatic rings. The Morgan fingerprint density at radius 1 is 1.07 bits per heavy atom. The molecular weight excluding hydrogens is 492 g/mol. The van der Waals surface area contributed by atoms with Gasteiger partial charge < -0.3 is 0 Å². The van der Waals surface area contributed by atoms with Crippen molar-refractivity contribution in [1.82, 2.24) is 9.55 Å². The van der Waals surface area contributed by atoms with E-state index in [1.54, 1.807) is 53.8 Å². The molecule has 3 aromatic rings. The first-order valence-electron chi connectivity index (χ1n) is 7.71. The van der Waals surface area contributed by atoms with Crippen LogP contribution in [0.15, 0.2) is 53.4 Å². The van der Waals surface area contributed by atoms with Crippen LogP contribution in [0.2, 0.25) is 0 Å². The van der Waals surface area contributed by atoms with Crippen molar-refractivity contribution in [2.24, 2.45) is 0 Å². The summed E-state index contributed by atoms with van der Waals surface area (Å²) in [5, 5.41) is 0. The van der Waals surface area contributed by atoms with E-state index in [1.165, 1.54) is 28.8 Å². The van der Waals surface area contributed by atoms with Crippen molar-refractivity contribution < 1.29 is 21.6 Å². The van der Waals surface area contributed by atoms with E-state index in [0.29, 0.717) is 11.3 Å². The molecule has 0 amide bonds. The molecule has 0 unspecified atom stereocenters. The van der Waals surface area contributed by atoms with Gasteiger partial charge in [0.15, 0.2) is 19.4 Å². The van der Waals surface area contributed by atoms with Crippen molar-refractivity contribution in [3.8, 4) is 16.9 Å². The summed E-state index contributed by atoms with van der Waals surface area (Å²) in [4.78, 5) is 3.83. The largest absolute Gasteiger partial charge is 0.435 e. The Kier molecular flexibility index (Phi) is 5.10. The van der Waals surface area contributed by atoms with Gasteiger partial charge in [0, 0.05) is 40.1 Å². The number of aryl methyl sites for hydroxylation is 1. The highest BCUT2D eigenvalue weighted by atomic mass is 127. The Morgan fingerprint density at radius 2 is 1.70 bits per heavy atom. The molecule has 142 valence electrons. The van der Waals surface area contributed by atoms with Gasteiger partial charge in [0.25, 0.3) is 0 Å². The summed E-state index contributed by atoms with van der Waals surface area (Å²) in [6.07, 6.45) is -3.56. The first-order chi connectivity index (χ1) is 12.5. The summed E-state index contributed by atoms with van der Waals surface area (Å²) >= 11 is 1.74. The number of halogens is 4. The van der Waals surface area contributed by atoms with Crippen LogP contribution >= 0.6 is 22.6 Å². The zero-order chi connectivity index (χ0) is 20.0. The summed E-state index contributed by atoms with van der Waals surface area (Å²) in [7, 11) is -3.40. The third-order valence-electron chi connectivity index (χ3n) is 3.92. The minimum atomic E-state index is -4.63. The minimum Gasteiger partial charge on any atom is -0.287 e. The standard InChI is InChI=1S/C18H14F3IN2O2S/c1-11-4-3-5-12(10-11)15-16(18(19,20)21)23-17(22)24(15)13-6-8-14(9-7-13)27(2,25)26/h3-10H,1-2H3. The van der Waals surface area contributed by atoms with Crippen LogP contribution in [0.4, 0.5) is 13.2 Å². The highest BCUT2D eigenvalue weighted by molar-refractivity contribution is 14.1. The van der Waals surface area contributed by atoms with Gasteiger partial charge >= 0.3 is 6.18 Å². The molecule has 0 saturated heterocycles. The maximum absolute atomic E-state index is 13.6. The molecule has 2 aromatic carbocycles. The molecule has 0 aliphatic carbocycles. The Labute approximate surface area is 168 Å². The highest BCUT2D eigenvalue weighted by Gasteiger charge is 2.39. The summed E-state index contributed by atoms with van der Waals surface area (Å²) in [5.41, 5.74) is 0.527. The first kappa shape index (κ1) is 19.9. The number of aromatic nitrogens is 2. The molecule has 0 radical (unpaired) electrons. The Balaban J connectivity index is 2.29. The lowest BCUT2D eigenvalue weighted by Crippen LogP contribution is -2.09. The number of alkyl halides is 3. The number of sulfone groups is 1. The Morgan fingerprint density at radius 3 is 2.22 bits per heavy atom. The number of hydrogen-bond acceptors (Lipinski definition) is 3. The molecule has 0 spiro atoms. The van der Waals surface area contributed by atoms with E-state index < -0.39 is 21.7 Å². The molecule has 27 heavy (non-hydrogen) atoms. The zero-order valence-corrected chi connectivity index (χ0v) is 17.2. The van der Waals surface area contributed by atoms with E-state index in [-0.39, 0.29) is 14.4 Å². The second-order valence-electron chi connectivity index (χ2n) is 6.05. The predicted octanol–water partition coefficient (Wildman–Crippen LogP) is 4.87. The van der Waals surface area contributed by atoms with Gasteiger partial charge in [0.05, 0.1) is 10.6 Å². The van der Waals surface area contributed by atoms with Gasteiger partial charge in [-0.25, -0.2) is 13.4 Å². The first-order valence-corrected chi connectivity index (χ1v) is 10.7. The lowest BCUT2D eigenvalue weighted by atomic mass is 10.1. The smallest absolute Gasteiger partial charge is 0.287 e. The average Bonchev–Trinajstić information content (AvgIpc) is 2.92. The Bertz CT molecular complexity index is 1100. The normalized spacial score (nSPS) is 12.4. The molecule has 1 aromatic heterocycles. The predicted molar refractivity (Wildman–Crippen MR) is 105 cm³/mol. The maximum Gasteiger partial charge on any atom is 0.435 e. The van der Waals surface area contributed by atoms with Gasteiger partial charge in [-0.15, -0.1) is 0 Å². The molecule has 0 bridgehead atoms. The molecule has 1 heterocycles. The van der Waals surface area contributed by atoms with Gasteiger partial charge in [-0.1, -0.05) is 23.8 Å². The fourth-order valence-corrected chi connectivity index (χ4v) is 4.12. The molecule has 3 rings (SSSR count). The van der Waals surface area contributed by atoms with Crippen LogP contribution in [-0.2, 0) is 16.0 Å². The lowest BCUT2D eigenvalue weighted by Gasteiger charge is -2.13. The molecule has 0 fully saturated rings. The Hall–Kier alpha value is -1.88. The van der Waals surface area contributed by atoms with Crippen molar-refractivity contribution in [2.75, 3.05) is 6.26 Å². The number of nitrogens with zero attached hydrogens (tertiary/aromatic N) is 2.